The van der Waals surface area contributed by atoms with Crippen LogP contribution >= 0.6 is 11.3 Å². The molecule has 1 atom stereocenters. The van der Waals surface area contributed by atoms with E-state index in [-0.39, 0.29) is 48.9 Å². The summed E-state index contributed by atoms with van der Waals surface area (Å²) in [4.78, 5) is 31.2. The molecule has 3 saturated carbocycles. The van der Waals surface area contributed by atoms with Gasteiger partial charge >= 0.3 is 6.18 Å². The van der Waals surface area contributed by atoms with Gasteiger partial charge in [0.1, 0.15) is 17.1 Å². The number of aryl methyl sites for hydroxylation is 1. The number of rotatable bonds is 5. The topological polar surface area (TPSA) is 80.3 Å². The molecule has 3 aliphatic carbocycles. The number of halogens is 4. The predicted molar refractivity (Wildman–Crippen MR) is 136 cm³/mol. The van der Waals surface area contributed by atoms with Crippen molar-refractivity contribution in [1.29, 1.82) is 0 Å². The highest BCUT2D eigenvalue weighted by Crippen LogP contribution is 2.62. The number of amides is 2. The highest BCUT2D eigenvalue weighted by atomic mass is 32.1. The number of nitrogens with zero attached hydrogens (tertiary/aromatic N) is 1. The Morgan fingerprint density at radius 2 is 1.82 bits per heavy atom. The van der Waals surface area contributed by atoms with Crippen molar-refractivity contribution in [3.8, 4) is 5.75 Å². The van der Waals surface area contributed by atoms with E-state index < -0.39 is 40.7 Å². The number of thiazole rings is 1. The first-order valence-corrected chi connectivity index (χ1v) is 13.1. The molecule has 2 amide bonds. The van der Waals surface area contributed by atoms with Crippen molar-refractivity contribution in [2.75, 3.05) is 12.4 Å². The lowest BCUT2D eigenvalue weighted by Gasteiger charge is -2.57. The number of benzene rings is 2. The number of aromatic nitrogens is 1. The summed E-state index contributed by atoms with van der Waals surface area (Å²) in [6, 6.07) is 6.77. The molecule has 2 bridgehead atoms. The number of nitrogens with one attached hydrogen (secondary N) is 2. The van der Waals surface area contributed by atoms with Crippen LogP contribution < -0.4 is 15.4 Å². The lowest BCUT2D eigenvalue weighted by Crippen LogP contribution is -2.63. The molecule has 6 rings (SSSR count). The van der Waals surface area contributed by atoms with Gasteiger partial charge in [0.05, 0.1) is 39.0 Å². The maximum absolute atomic E-state index is 14.3. The molecule has 38 heavy (non-hydrogen) atoms. The van der Waals surface area contributed by atoms with Gasteiger partial charge in [0.2, 0.25) is 0 Å². The van der Waals surface area contributed by atoms with Crippen molar-refractivity contribution in [3.05, 3.63) is 52.3 Å². The Balaban J connectivity index is 1.42. The highest BCUT2D eigenvalue weighted by molar-refractivity contribution is 7.19. The van der Waals surface area contributed by atoms with Gasteiger partial charge in [-0.2, -0.15) is 13.2 Å². The Morgan fingerprint density at radius 3 is 2.45 bits per heavy atom. The first-order chi connectivity index (χ1) is 17.9. The Labute approximate surface area is 220 Å². The van der Waals surface area contributed by atoms with Gasteiger partial charge in [-0.1, -0.05) is 6.92 Å². The van der Waals surface area contributed by atoms with Gasteiger partial charge in [0, 0.05) is 5.54 Å². The number of carbonyl (C=O) groups excluding carboxylic acids is 2. The molecule has 0 saturated heterocycles. The number of hydrogen-bond donors (Lipinski definition) is 2. The molecule has 3 fully saturated rings. The van der Waals surface area contributed by atoms with E-state index in [1.807, 2.05) is 6.92 Å². The monoisotopic (exact) mass is 549 g/mol. The zero-order valence-electron chi connectivity index (χ0n) is 21.1. The van der Waals surface area contributed by atoms with Crippen molar-refractivity contribution in [3.63, 3.8) is 0 Å². The zero-order valence-corrected chi connectivity index (χ0v) is 21.9. The Morgan fingerprint density at radius 1 is 1.11 bits per heavy atom. The van der Waals surface area contributed by atoms with Crippen LogP contribution in [-0.4, -0.2) is 35.6 Å². The van der Waals surface area contributed by atoms with Gasteiger partial charge < -0.3 is 15.4 Å². The van der Waals surface area contributed by atoms with Crippen molar-refractivity contribution in [2.24, 2.45) is 11.3 Å². The van der Waals surface area contributed by atoms with Crippen LogP contribution in [0.1, 0.15) is 64.8 Å². The van der Waals surface area contributed by atoms with E-state index in [0.29, 0.717) is 16.0 Å². The second-order valence-corrected chi connectivity index (χ2v) is 11.6. The summed E-state index contributed by atoms with van der Waals surface area (Å²) in [5, 5.41) is 6.34. The summed E-state index contributed by atoms with van der Waals surface area (Å²) in [5.74, 6) is -2.19. The Bertz CT molecular complexity index is 1430. The molecule has 0 aliphatic heterocycles. The molecule has 6 nitrogen and oxygen atoms in total. The quantitative estimate of drug-likeness (QED) is 0.350. The van der Waals surface area contributed by atoms with Crippen LogP contribution in [0, 0.1) is 24.1 Å². The van der Waals surface area contributed by atoms with E-state index in [9.17, 15) is 27.2 Å². The molecule has 0 spiro atoms. The molecule has 2 N–H and O–H groups in total. The van der Waals surface area contributed by atoms with Gasteiger partial charge in [-0.3, -0.25) is 9.59 Å². The molecule has 2 aromatic carbocycles. The molecular formula is C27H27F4N3O3S. The zero-order chi connectivity index (χ0) is 27.5. The van der Waals surface area contributed by atoms with Crippen LogP contribution in [0.25, 0.3) is 10.2 Å². The van der Waals surface area contributed by atoms with E-state index >= 15 is 0 Å². The minimum Gasteiger partial charge on any atom is -0.496 e. The number of fused-ring (bicyclic) bond motifs is 4. The van der Waals surface area contributed by atoms with Crippen LogP contribution in [0.2, 0.25) is 0 Å². The van der Waals surface area contributed by atoms with Crippen molar-refractivity contribution < 1.29 is 31.9 Å². The smallest absolute Gasteiger partial charge is 0.394 e. The molecule has 11 heteroatoms. The standard InChI is InChI=1S/C27H27F4N3O3S/c1-14-13-25(8-10-26(14,11-9-25)27(29,30)31)34-23(35)17-5-4-16(28)12-19(17)33-24(36)21-20(37-3)7-6-18-22(21)38-15(2)32-18/h4-7,12,14H,8-11,13H2,1-3H3,(H,33,36)(H,34,35). The molecule has 1 aromatic heterocycles. The van der Waals surface area contributed by atoms with Crippen molar-refractivity contribution in [1.82, 2.24) is 10.3 Å². The van der Waals surface area contributed by atoms with Gasteiger partial charge in [-0.25, -0.2) is 9.37 Å². The summed E-state index contributed by atoms with van der Waals surface area (Å²) in [6.45, 7) is 3.40. The van der Waals surface area contributed by atoms with E-state index in [4.69, 9.17) is 4.74 Å². The molecule has 3 aliphatic rings. The van der Waals surface area contributed by atoms with Crippen molar-refractivity contribution >= 4 is 39.1 Å². The van der Waals surface area contributed by atoms with Crippen LogP contribution in [0.5, 0.6) is 5.75 Å². The number of methoxy groups -OCH3 is 1. The highest BCUT2D eigenvalue weighted by Gasteiger charge is 2.65. The van der Waals surface area contributed by atoms with Gasteiger partial charge in [-0.15, -0.1) is 11.3 Å². The molecule has 3 aromatic rings. The third kappa shape index (κ3) is 4.30. The maximum atomic E-state index is 14.3. The van der Waals surface area contributed by atoms with E-state index in [1.54, 1.807) is 19.1 Å². The molecular weight excluding hydrogens is 522 g/mol. The normalized spacial score (nSPS) is 24.9. The van der Waals surface area contributed by atoms with Crippen LogP contribution in [-0.2, 0) is 0 Å². The minimum absolute atomic E-state index is 0.0200. The third-order valence-corrected chi connectivity index (χ3v) is 9.23. The summed E-state index contributed by atoms with van der Waals surface area (Å²) < 4.78 is 61.8. The largest absolute Gasteiger partial charge is 0.496 e. The van der Waals surface area contributed by atoms with Crippen molar-refractivity contribution in [2.45, 2.75) is 57.7 Å². The summed E-state index contributed by atoms with van der Waals surface area (Å²) in [7, 11) is 1.43. The SMILES string of the molecule is COc1ccc2nc(C)sc2c1C(=O)Nc1cc(F)ccc1C(=O)NC12CCC(C(F)(F)F)(CC1)C(C)C2. The second kappa shape index (κ2) is 9.21. The summed E-state index contributed by atoms with van der Waals surface area (Å²) in [6.07, 6.45) is -3.79. The fraction of sp³-hybridized carbons (Fsp3) is 0.444. The Kier molecular flexibility index (Phi) is 6.40. The Hall–Kier alpha value is -3.21. The third-order valence-electron chi connectivity index (χ3n) is 8.23. The average Bonchev–Trinajstić information content (AvgIpc) is 3.23. The fourth-order valence-electron chi connectivity index (χ4n) is 6.17. The van der Waals surface area contributed by atoms with Crippen LogP contribution in [0.15, 0.2) is 30.3 Å². The number of alkyl halides is 3. The van der Waals surface area contributed by atoms with Gasteiger partial charge in [0.15, 0.2) is 0 Å². The fourth-order valence-corrected chi connectivity index (χ4v) is 7.13. The van der Waals surface area contributed by atoms with Gasteiger partial charge in [-0.05, 0) is 75.3 Å². The summed E-state index contributed by atoms with van der Waals surface area (Å²) >= 11 is 1.31. The van der Waals surface area contributed by atoms with Crippen LogP contribution in [0.4, 0.5) is 23.2 Å². The number of hydrogen-bond acceptors (Lipinski definition) is 5. The molecule has 202 valence electrons. The van der Waals surface area contributed by atoms with E-state index in [1.165, 1.54) is 24.5 Å². The first-order valence-electron chi connectivity index (χ1n) is 12.3. The van der Waals surface area contributed by atoms with E-state index in [0.717, 1.165) is 17.1 Å². The second-order valence-electron chi connectivity index (χ2n) is 10.4. The minimum atomic E-state index is -4.29. The van der Waals surface area contributed by atoms with Gasteiger partial charge in [0.25, 0.3) is 11.8 Å². The molecule has 1 unspecified atom stereocenters. The molecule has 1 heterocycles. The first kappa shape index (κ1) is 26.4. The summed E-state index contributed by atoms with van der Waals surface area (Å²) in [5.41, 5.74) is -1.72. The number of ether oxygens (including phenoxy) is 1. The lowest BCUT2D eigenvalue weighted by molar-refractivity contribution is -0.272. The number of carbonyl (C=O) groups is 2. The average molecular weight is 550 g/mol. The lowest BCUT2D eigenvalue weighted by atomic mass is 9.52. The maximum Gasteiger partial charge on any atom is 0.394 e. The van der Waals surface area contributed by atoms with E-state index in [2.05, 4.69) is 15.6 Å². The van der Waals surface area contributed by atoms with Crippen LogP contribution in [0.3, 0.4) is 0 Å². The molecule has 0 radical (unpaired) electrons. The number of anilines is 1. The predicted octanol–water partition coefficient (Wildman–Crippen LogP) is 6.64.